The van der Waals surface area contributed by atoms with Gasteiger partial charge in [-0.1, -0.05) is 48.5 Å². The molecule has 12 rings (SSSR count). The first kappa shape index (κ1) is 47.3. The van der Waals surface area contributed by atoms with Gasteiger partial charge >= 0.3 is 0 Å². The number of carbonyl (C=O) groups is 2. The van der Waals surface area contributed by atoms with Crippen LogP contribution in [0, 0.1) is 62.0 Å². The second-order valence-electron chi connectivity index (χ2n) is 19.0. The lowest BCUT2D eigenvalue weighted by atomic mass is 9.83. The van der Waals surface area contributed by atoms with E-state index in [-0.39, 0.29) is 41.8 Å². The highest BCUT2D eigenvalue weighted by atomic mass is 19.1. The van der Waals surface area contributed by atoms with Crippen LogP contribution in [-0.2, 0) is 22.6 Å². The minimum Gasteiger partial charge on any atom is -0.384 e. The third kappa shape index (κ3) is 8.26. The van der Waals surface area contributed by atoms with Crippen molar-refractivity contribution in [1.29, 1.82) is 10.5 Å². The average Bonchev–Trinajstić information content (AvgIpc) is 4.18. The van der Waals surface area contributed by atoms with Gasteiger partial charge in [0.25, 0.3) is 11.8 Å². The van der Waals surface area contributed by atoms with E-state index in [0.29, 0.717) is 52.5 Å². The summed E-state index contributed by atoms with van der Waals surface area (Å²) in [5.41, 5.74) is 30.0. The van der Waals surface area contributed by atoms with Crippen LogP contribution in [0.15, 0.2) is 121 Å². The Balaban J connectivity index is 0.000000159. The molecule has 2 aromatic heterocycles. The normalized spacial score (nSPS) is 16.7. The second kappa shape index (κ2) is 18.5. The number of nitrogens with two attached hydrogens (primary N) is 2. The smallest absolute Gasteiger partial charge is 0.251 e. The molecule has 4 bridgehead atoms. The quantitative estimate of drug-likeness (QED) is 0.113. The highest BCUT2D eigenvalue weighted by molar-refractivity contribution is 5.95. The van der Waals surface area contributed by atoms with E-state index in [2.05, 4.69) is 32.7 Å². The van der Waals surface area contributed by atoms with Crippen molar-refractivity contribution >= 4 is 23.5 Å². The number of hydrogen-bond acceptors (Lipinski definition) is 10. The SMILES string of the molecule is Cc1cc(N)nc(C)c1CNC(=O)c1ccc2c(c1)C1OC2c2cc(-c3ccc(F)cc3C#N)ccc21.Cc1cc(N)nc(C)c1CNC(=O)c1ccc2c(c1)C1OC2c2ccc(-c3ccc(F)cc3C#N)cc21. The zero-order valence-corrected chi connectivity index (χ0v) is 40.6. The molecule has 0 saturated carbocycles. The minimum absolute atomic E-state index is 0.169. The van der Waals surface area contributed by atoms with E-state index >= 15 is 0 Å². The first-order chi connectivity index (χ1) is 35.7. The number of carbonyl (C=O) groups excluding carboxylic acids is 2. The van der Waals surface area contributed by atoms with E-state index < -0.39 is 11.6 Å². The summed E-state index contributed by atoms with van der Waals surface area (Å²) in [6.07, 6.45) is -1.01. The molecule has 4 aliphatic heterocycles. The summed E-state index contributed by atoms with van der Waals surface area (Å²) in [6.45, 7) is 8.39. The van der Waals surface area contributed by atoms with E-state index in [1.54, 1.807) is 24.3 Å². The van der Waals surface area contributed by atoms with Gasteiger partial charge in [0.1, 0.15) is 47.7 Å². The second-order valence-corrected chi connectivity index (χ2v) is 19.0. The number of halogens is 2. The number of ether oxygens (including phenoxy) is 2. The third-order valence-corrected chi connectivity index (χ3v) is 14.5. The lowest BCUT2D eigenvalue weighted by molar-refractivity contribution is 0.0856. The number of pyridine rings is 2. The molecule has 4 atom stereocenters. The van der Waals surface area contributed by atoms with Gasteiger partial charge in [0.05, 0.1) is 23.3 Å². The molecule has 6 N–H and O–H groups in total. The number of hydrogen-bond donors (Lipinski definition) is 4. The lowest BCUT2D eigenvalue weighted by Gasteiger charge is -2.18. The van der Waals surface area contributed by atoms with Crippen LogP contribution < -0.4 is 22.1 Å². The summed E-state index contributed by atoms with van der Waals surface area (Å²) in [7, 11) is 0. The predicted molar refractivity (Wildman–Crippen MR) is 274 cm³/mol. The zero-order valence-electron chi connectivity index (χ0n) is 40.6. The summed E-state index contributed by atoms with van der Waals surface area (Å²) < 4.78 is 39.9. The Kier molecular flexibility index (Phi) is 11.8. The Morgan fingerprint density at radius 2 is 0.878 bits per heavy atom. The number of nitriles is 2. The Morgan fingerprint density at radius 1 is 0.514 bits per heavy atom. The van der Waals surface area contributed by atoms with Crippen molar-refractivity contribution in [2.24, 2.45) is 0 Å². The number of nitrogens with one attached hydrogen (secondary N) is 2. The summed E-state index contributed by atoms with van der Waals surface area (Å²) in [4.78, 5) is 34.6. The van der Waals surface area contributed by atoms with Crippen LogP contribution in [0.25, 0.3) is 22.3 Å². The van der Waals surface area contributed by atoms with Crippen LogP contribution in [0.5, 0.6) is 0 Å². The van der Waals surface area contributed by atoms with Crippen LogP contribution in [0.4, 0.5) is 20.4 Å². The maximum Gasteiger partial charge on any atom is 0.251 e. The maximum atomic E-state index is 13.7. The third-order valence-electron chi connectivity index (χ3n) is 14.5. The Labute approximate surface area is 425 Å². The van der Waals surface area contributed by atoms with E-state index in [0.717, 1.165) is 89.3 Å². The number of nitrogen functional groups attached to an aromatic ring is 2. The number of amides is 2. The molecule has 6 aromatic carbocycles. The minimum atomic E-state index is -0.443. The predicted octanol–water partition coefficient (Wildman–Crippen LogP) is 10.8. The average molecular weight is 981 g/mol. The van der Waals surface area contributed by atoms with Crippen molar-refractivity contribution in [3.05, 3.63) is 233 Å². The molecule has 0 radical (unpaired) electrons. The monoisotopic (exact) mass is 980 g/mol. The number of anilines is 2. The molecular weight excluding hydrogens is 935 g/mol. The molecule has 0 fully saturated rings. The van der Waals surface area contributed by atoms with Gasteiger partial charge in [0.15, 0.2) is 0 Å². The summed E-state index contributed by atoms with van der Waals surface area (Å²) in [5, 5.41) is 24.9. The van der Waals surface area contributed by atoms with Gasteiger partial charge in [-0.25, -0.2) is 18.7 Å². The number of fused-ring (bicyclic) bond motifs is 16. The molecule has 0 aliphatic carbocycles. The fourth-order valence-corrected chi connectivity index (χ4v) is 10.9. The molecule has 0 saturated heterocycles. The molecule has 74 heavy (non-hydrogen) atoms. The molecule has 4 aliphatic rings. The number of benzene rings is 6. The van der Waals surface area contributed by atoms with E-state index in [9.17, 15) is 28.9 Å². The van der Waals surface area contributed by atoms with Gasteiger partial charge in [-0.05, 0) is 190 Å². The highest BCUT2D eigenvalue weighted by Crippen LogP contribution is 2.56. The number of nitrogens with zero attached hydrogens (tertiary/aromatic N) is 4. The Hall–Kier alpha value is -9.08. The largest absolute Gasteiger partial charge is 0.384 e. The van der Waals surface area contributed by atoms with Gasteiger partial charge in [-0.2, -0.15) is 10.5 Å². The van der Waals surface area contributed by atoms with Crippen molar-refractivity contribution in [2.45, 2.75) is 65.2 Å². The molecule has 4 unspecified atom stereocenters. The maximum absolute atomic E-state index is 13.7. The summed E-state index contributed by atoms with van der Waals surface area (Å²) in [5.74, 6) is -0.299. The molecule has 6 heterocycles. The van der Waals surface area contributed by atoms with E-state index in [4.69, 9.17) is 20.9 Å². The molecule has 2 amide bonds. The first-order valence-electron chi connectivity index (χ1n) is 24.0. The van der Waals surface area contributed by atoms with Crippen LogP contribution in [0.3, 0.4) is 0 Å². The van der Waals surface area contributed by atoms with Crippen LogP contribution in [0.2, 0.25) is 0 Å². The van der Waals surface area contributed by atoms with Crippen molar-refractivity contribution in [3.8, 4) is 34.4 Å². The fraction of sp³-hybridized carbons (Fsp3) is 0.167. The van der Waals surface area contributed by atoms with Gasteiger partial charge in [0, 0.05) is 35.6 Å². The highest BCUT2D eigenvalue weighted by Gasteiger charge is 2.44. The van der Waals surface area contributed by atoms with Crippen LogP contribution in [0.1, 0.15) is 134 Å². The van der Waals surface area contributed by atoms with Crippen LogP contribution >= 0.6 is 0 Å². The topological polar surface area (TPSA) is 202 Å². The Bertz CT molecular complexity index is 3760. The van der Waals surface area contributed by atoms with Gasteiger partial charge in [0.2, 0.25) is 0 Å². The van der Waals surface area contributed by atoms with E-state index in [1.807, 2.05) is 100 Å². The van der Waals surface area contributed by atoms with Crippen molar-refractivity contribution in [2.75, 3.05) is 11.5 Å². The molecule has 8 aromatic rings. The molecule has 12 nitrogen and oxygen atoms in total. The van der Waals surface area contributed by atoms with Gasteiger partial charge in [-0.15, -0.1) is 0 Å². The number of rotatable bonds is 8. The van der Waals surface area contributed by atoms with E-state index in [1.165, 1.54) is 24.3 Å². The first-order valence-corrected chi connectivity index (χ1v) is 24.0. The van der Waals surface area contributed by atoms with Crippen molar-refractivity contribution < 1.29 is 27.8 Å². The van der Waals surface area contributed by atoms with Crippen molar-refractivity contribution in [1.82, 2.24) is 20.6 Å². The van der Waals surface area contributed by atoms with Crippen molar-refractivity contribution in [3.63, 3.8) is 0 Å². The number of aromatic nitrogens is 2. The lowest BCUT2D eigenvalue weighted by Crippen LogP contribution is -2.24. The standard InChI is InChI=1S/2C30H23FN4O2/c1-15-9-27(33)35-16(2)26(15)14-34-30(36)18-4-7-23-25(12-18)29-22-6-3-17(11-24(22)28(23)37-29)21-8-5-20(31)10-19(21)13-32;1-15-9-27(33)35-16(2)26(15)14-34-30(36)18-4-7-23-25(12-18)29-24-11-17(3-6-22(24)28(23)37-29)21-8-5-20(31)10-19(21)13-32/h2*3-12,28-29H,14H2,1-2H3,(H2,33,35)(H,34,36). The van der Waals surface area contributed by atoms with Gasteiger partial charge < -0.3 is 31.6 Å². The van der Waals surface area contributed by atoms with Gasteiger partial charge in [-0.3, -0.25) is 9.59 Å². The van der Waals surface area contributed by atoms with Crippen LogP contribution in [-0.4, -0.2) is 21.8 Å². The molecule has 14 heteroatoms. The molecule has 364 valence electrons. The number of aryl methyl sites for hydroxylation is 4. The summed E-state index contributed by atoms with van der Waals surface area (Å²) >= 11 is 0. The Morgan fingerprint density at radius 3 is 1.27 bits per heavy atom. The molecule has 0 spiro atoms. The zero-order chi connectivity index (χ0) is 51.7. The molecular formula is C60H46F2N8O4. The fourth-order valence-electron chi connectivity index (χ4n) is 10.9. The summed E-state index contributed by atoms with van der Waals surface area (Å²) in [6, 6.07) is 39.5.